The maximum absolute atomic E-state index is 4.08. The van der Waals surface area contributed by atoms with Crippen molar-refractivity contribution in [2.45, 2.75) is 6.42 Å². The number of imidazole rings is 1. The molecule has 3 nitrogen and oxygen atoms in total. The molecule has 2 heterocycles. The second-order valence-corrected chi connectivity index (χ2v) is 4.40. The number of nitrogens with one attached hydrogen (secondary N) is 1. The quantitative estimate of drug-likeness (QED) is 0.704. The Hall–Kier alpha value is -2.55. The highest BCUT2D eigenvalue weighted by atomic mass is 15.1. The van der Waals surface area contributed by atoms with Crippen LogP contribution in [0.2, 0.25) is 0 Å². The van der Waals surface area contributed by atoms with Gasteiger partial charge in [-0.25, -0.2) is 4.98 Å². The van der Waals surface area contributed by atoms with E-state index in [9.17, 15) is 0 Å². The van der Waals surface area contributed by atoms with Gasteiger partial charge in [0.25, 0.3) is 0 Å². The van der Waals surface area contributed by atoms with Gasteiger partial charge in [-0.15, -0.1) is 6.58 Å². The molecule has 0 aliphatic heterocycles. The zero-order valence-corrected chi connectivity index (χ0v) is 10.6. The van der Waals surface area contributed by atoms with E-state index < -0.39 is 0 Å². The number of allylic oxidation sites excluding steroid dienone is 1. The minimum absolute atomic E-state index is 0.905. The van der Waals surface area contributed by atoms with Crippen LogP contribution in [0.3, 0.4) is 0 Å². The molecule has 0 radical (unpaired) electrons. The molecule has 0 amide bonds. The zero-order chi connectivity index (χ0) is 13.1. The predicted molar refractivity (Wildman–Crippen MR) is 77.3 cm³/mol. The third-order valence-electron chi connectivity index (χ3n) is 3.13. The first-order valence-corrected chi connectivity index (χ1v) is 6.24. The smallest absolute Gasteiger partial charge is 0.123 e. The van der Waals surface area contributed by atoms with Gasteiger partial charge in [0.2, 0.25) is 0 Å². The Morgan fingerprint density at radius 1 is 1.21 bits per heavy atom. The molecule has 0 fully saturated rings. The molecule has 0 spiro atoms. The number of aromatic nitrogens is 3. The molecular formula is C16H15N3. The molecule has 1 N–H and O–H groups in total. The Balaban J connectivity index is 1.98. The standard InChI is InChI=1S/C16H15N3/c1-2-3-13-4-6-14(7-5-13)15-8-9-18-16(15)19-11-10-17-12-19/h2,4-12,18H,1,3H2. The van der Waals surface area contributed by atoms with Crippen molar-refractivity contribution in [3.8, 4) is 16.9 Å². The number of hydrogen-bond acceptors (Lipinski definition) is 1. The van der Waals surface area contributed by atoms with Crippen LogP contribution < -0.4 is 0 Å². The average Bonchev–Trinajstić information content (AvgIpc) is 3.11. The molecule has 0 aliphatic carbocycles. The molecule has 0 bridgehead atoms. The van der Waals surface area contributed by atoms with E-state index >= 15 is 0 Å². The minimum atomic E-state index is 0.905. The second kappa shape index (κ2) is 4.98. The molecule has 3 rings (SSSR count). The van der Waals surface area contributed by atoms with Gasteiger partial charge in [0, 0.05) is 24.2 Å². The normalized spacial score (nSPS) is 10.5. The number of benzene rings is 1. The van der Waals surface area contributed by atoms with E-state index in [1.807, 2.05) is 23.0 Å². The lowest BCUT2D eigenvalue weighted by Gasteiger charge is -2.06. The third kappa shape index (κ3) is 2.22. The lowest BCUT2D eigenvalue weighted by molar-refractivity contribution is 1.01. The van der Waals surface area contributed by atoms with Gasteiger partial charge < -0.3 is 4.98 Å². The molecule has 0 unspecified atom stereocenters. The molecule has 3 heteroatoms. The molecule has 1 aromatic carbocycles. The molecule has 0 atom stereocenters. The fourth-order valence-electron chi connectivity index (χ4n) is 2.19. The summed E-state index contributed by atoms with van der Waals surface area (Å²) in [4.78, 5) is 7.34. The van der Waals surface area contributed by atoms with Crippen LogP contribution in [0.25, 0.3) is 16.9 Å². The van der Waals surface area contributed by atoms with E-state index in [0.29, 0.717) is 0 Å². The summed E-state index contributed by atoms with van der Waals surface area (Å²) in [5, 5.41) is 0. The SMILES string of the molecule is C=CCc1ccc(-c2cc[nH]c2-n2ccnc2)cc1. The van der Waals surface area contributed by atoms with Gasteiger partial charge in [-0.1, -0.05) is 30.3 Å². The van der Waals surface area contributed by atoms with Gasteiger partial charge in [0.15, 0.2) is 0 Å². The fraction of sp³-hybridized carbons (Fsp3) is 0.0625. The van der Waals surface area contributed by atoms with Gasteiger partial charge in [-0.3, -0.25) is 4.57 Å². The van der Waals surface area contributed by atoms with Gasteiger partial charge >= 0.3 is 0 Å². The van der Waals surface area contributed by atoms with Crippen molar-refractivity contribution in [3.63, 3.8) is 0 Å². The molecule has 2 aromatic heterocycles. The Morgan fingerprint density at radius 2 is 2.05 bits per heavy atom. The summed E-state index contributed by atoms with van der Waals surface area (Å²) in [7, 11) is 0. The zero-order valence-electron chi connectivity index (χ0n) is 10.6. The van der Waals surface area contributed by atoms with Crippen LogP contribution in [0.5, 0.6) is 0 Å². The lowest BCUT2D eigenvalue weighted by atomic mass is 10.0. The number of H-pyrrole nitrogens is 1. The molecule has 0 saturated heterocycles. The van der Waals surface area contributed by atoms with E-state index in [2.05, 4.69) is 46.9 Å². The largest absolute Gasteiger partial charge is 0.347 e. The summed E-state index contributed by atoms with van der Waals surface area (Å²) in [6, 6.07) is 10.6. The lowest BCUT2D eigenvalue weighted by Crippen LogP contribution is -1.92. The monoisotopic (exact) mass is 249 g/mol. The first kappa shape index (κ1) is 11.5. The molecule has 0 aliphatic rings. The number of aromatic amines is 1. The van der Waals surface area contributed by atoms with Crippen LogP contribution >= 0.6 is 0 Å². The first-order valence-electron chi connectivity index (χ1n) is 6.24. The van der Waals surface area contributed by atoms with Crippen LogP contribution in [-0.2, 0) is 6.42 Å². The molecule has 0 saturated carbocycles. The molecule has 3 aromatic rings. The van der Waals surface area contributed by atoms with E-state index in [1.165, 1.54) is 16.7 Å². The average molecular weight is 249 g/mol. The fourth-order valence-corrected chi connectivity index (χ4v) is 2.19. The summed E-state index contributed by atoms with van der Waals surface area (Å²) >= 11 is 0. The number of rotatable bonds is 4. The summed E-state index contributed by atoms with van der Waals surface area (Å²) in [5.74, 6) is 1.04. The Bertz CT molecular complexity index is 660. The van der Waals surface area contributed by atoms with E-state index in [0.717, 1.165) is 12.2 Å². The summed E-state index contributed by atoms with van der Waals surface area (Å²) in [6.07, 6.45) is 10.3. The van der Waals surface area contributed by atoms with E-state index in [4.69, 9.17) is 0 Å². The van der Waals surface area contributed by atoms with Crippen LogP contribution in [0.1, 0.15) is 5.56 Å². The Labute approximate surface area is 112 Å². The van der Waals surface area contributed by atoms with E-state index in [-0.39, 0.29) is 0 Å². The summed E-state index contributed by atoms with van der Waals surface area (Å²) < 4.78 is 1.98. The first-order chi connectivity index (χ1) is 9.38. The van der Waals surface area contributed by atoms with Crippen molar-refractivity contribution in [3.05, 3.63) is 73.5 Å². The summed E-state index contributed by atoms with van der Waals surface area (Å²) in [6.45, 7) is 3.76. The van der Waals surface area contributed by atoms with Gasteiger partial charge in [0.1, 0.15) is 12.1 Å². The van der Waals surface area contributed by atoms with Crippen molar-refractivity contribution in [2.24, 2.45) is 0 Å². The van der Waals surface area contributed by atoms with Gasteiger partial charge in [-0.2, -0.15) is 0 Å². The van der Waals surface area contributed by atoms with Crippen LogP contribution in [0.4, 0.5) is 0 Å². The van der Waals surface area contributed by atoms with Crippen molar-refractivity contribution in [1.82, 2.24) is 14.5 Å². The second-order valence-electron chi connectivity index (χ2n) is 4.40. The molecule has 19 heavy (non-hydrogen) atoms. The maximum atomic E-state index is 4.08. The van der Waals surface area contributed by atoms with Crippen LogP contribution in [0, 0.1) is 0 Å². The van der Waals surface area contributed by atoms with Gasteiger partial charge in [-0.05, 0) is 23.6 Å². The van der Waals surface area contributed by atoms with Gasteiger partial charge in [0.05, 0.1) is 0 Å². The van der Waals surface area contributed by atoms with Crippen LogP contribution in [-0.4, -0.2) is 14.5 Å². The highest BCUT2D eigenvalue weighted by Gasteiger charge is 2.07. The number of nitrogens with zero attached hydrogens (tertiary/aromatic N) is 2. The maximum Gasteiger partial charge on any atom is 0.123 e. The Morgan fingerprint density at radius 3 is 2.74 bits per heavy atom. The van der Waals surface area contributed by atoms with Crippen molar-refractivity contribution in [2.75, 3.05) is 0 Å². The van der Waals surface area contributed by atoms with Crippen LogP contribution in [0.15, 0.2) is 67.9 Å². The number of hydrogen-bond donors (Lipinski definition) is 1. The molecule has 94 valence electrons. The topological polar surface area (TPSA) is 33.6 Å². The predicted octanol–water partition coefficient (Wildman–Crippen LogP) is 3.60. The highest BCUT2D eigenvalue weighted by Crippen LogP contribution is 2.26. The van der Waals surface area contributed by atoms with Crippen molar-refractivity contribution >= 4 is 0 Å². The van der Waals surface area contributed by atoms with E-state index in [1.54, 1.807) is 12.5 Å². The molecular weight excluding hydrogens is 234 g/mol. The Kier molecular flexibility index (Phi) is 3.02. The third-order valence-corrected chi connectivity index (χ3v) is 3.13. The van der Waals surface area contributed by atoms with Crippen molar-refractivity contribution < 1.29 is 0 Å². The highest BCUT2D eigenvalue weighted by molar-refractivity contribution is 5.71. The minimum Gasteiger partial charge on any atom is -0.347 e. The summed E-state index contributed by atoms with van der Waals surface area (Å²) in [5.41, 5.74) is 3.64. The van der Waals surface area contributed by atoms with Crippen molar-refractivity contribution in [1.29, 1.82) is 0 Å².